The summed E-state index contributed by atoms with van der Waals surface area (Å²) in [6.07, 6.45) is 6.77. The minimum absolute atomic E-state index is 0.386. The van der Waals surface area contributed by atoms with Gasteiger partial charge in [0.1, 0.15) is 0 Å². The molecule has 0 radical (unpaired) electrons. The normalized spacial score (nSPS) is 16.9. The van der Waals surface area contributed by atoms with E-state index in [2.05, 4.69) is 36.0 Å². The van der Waals surface area contributed by atoms with E-state index >= 15 is 0 Å². The summed E-state index contributed by atoms with van der Waals surface area (Å²) in [4.78, 5) is 13.3. The van der Waals surface area contributed by atoms with Crippen LogP contribution >= 0.6 is 15.9 Å². The molecule has 1 fully saturated rings. The third kappa shape index (κ3) is 2.74. The molecule has 3 aromatic rings. The lowest BCUT2D eigenvalue weighted by Crippen LogP contribution is -2.36. The van der Waals surface area contributed by atoms with Gasteiger partial charge in [0.05, 0.1) is 16.7 Å². The third-order valence-electron chi connectivity index (χ3n) is 4.33. The first-order valence-electron chi connectivity index (χ1n) is 7.72. The quantitative estimate of drug-likeness (QED) is 0.686. The number of halogens is 1. The van der Waals surface area contributed by atoms with Gasteiger partial charge in [0.2, 0.25) is 0 Å². The minimum Gasteiger partial charge on any atom is -0.381 e. The van der Waals surface area contributed by atoms with Crippen LogP contribution in [0.2, 0.25) is 0 Å². The Morgan fingerprint density at radius 1 is 1.08 bits per heavy atom. The van der Waals surface area contributed by atoms with Crippen molar-refractivity contribution >= 4 is 15.9 Å². The molecule has 1 aliphatic rings. The first-order valence-corrected chi connectivity index (χ1v) is 8.52. The van der Waals surface area contributed by atoms with Gasteiger partial charge in [-0.2, -0.15) is 4.98 Å². The zero-order valence-electron chi connectivity index (χ0n) is 12.9. The Hall–Kier alpha value is -2.12. The highest BCUT2D eigenvalue weighted by molar-refractivity contribution is 9.10. The van der Waals surface area contributed by atoms with Crippen molar-refractivity contribution in [2.24, 2.45) is 0 Å². The predicted octanol–water partition coefficient (Wildman–Crippen LogP) is 3.39. The van der Waals surface area contributed by atoms with Crippen molar-refractivity contribution in [2.45, 2.75) is 18.3 Å². The summed E-state index contributed by atoms with van der Waals surface area (Å²) in [5.74, 6) is 1.13. The van der Waals surface area contributed by atoms with Gasteiger partial charge in [0.15, 0.2) is 5.82 Å². The van der Waals surface area contributed by atoms with Crippen molar-refractivity contribution in [1.82, 2.24) is 20.1 Å². The molecule has 0 aliphatic carbocycles. The second-order valence-electron chi connectivity index (χ2n) is 5.72. The van der Waals surface area contributed by atoms with Crippen molar-refractivity contribution in [2.75, 3.05) is 13.2 Å². The molecule has 122 valence electrons. The predicted molar refractivity (Wildman–Crippen MR) is 90.3 cm³/mol. The van der Waals surface area contributed by atoms with Crippen LogP contribution < -0.4 is 0 Å². The maximum atomic E-state index is 5.55. The summed E-state index contributed by atoms with van der Waals surface area (Å²) in [6.45, 7) is 1.29. The summed E-state index contributed by atoms with van der Waals surface area (Å²) < 4.78 is 12.0. The molecule has 0 bridgehead atoms. The average molecular weight is 387 g/mol. The largest absolute Gasteiger partial charge is 0.381 e. The summed E-state index contributed by atoms with van der Waals surface area (Å²) in [6, 6.07) is 7.75. The van der Waals surface area contributed by atoms with Crippen LogP contribution in [0.4, 0.5) is 0 Å². The van der Waals surface area contributed by atoms with Crippen LogP contribution in [0.1, 0.15) is 24.4 Å². The molecule has 0 spiro atoms. The van der Waals surface area contributed by atoms with Gasteiger partial charge in [-0.15, -0.1) is 0 Å². The van der Waals surface area contributed by atoms with E-state index in [4.69, 9.17) is 9.26 Å². The molecule has 0 atom stereocenters. The first-order chi connectivity index (χ1) is 11.8. The van der Waals surface area contributed by atoms with Crippen LogP contribution in [-0.2, 0) is 10.2 Å². The van der Waals surface area contributed by atoms with E-state index in [0.29, 0.717) is 24.9 Å². The Morgan fingerprint density at radius 2 is 1.96 bits per heavy atom. The Labute approximate surface area is 147 Å². The van der Waals surface area contributed by atoms with Crippen LogP contribution in [-0.4, -0.2) is 33.3 Å². The topological polar surface area (TPSA) is 73.9 Å². The Balaban J connectivity index is 1.77. The number of pyridine rings is 2. The summed E-state index contributed by atoms with van der Waals surface area (Å²) in [5.41, 5.74) is 1.36. The third-order valence-corrected chi connectivity index (χ3v) is 4.80. The van der Waals surface area contributed by atoms with Crippen LogP contribution in [0.3, 0.4) is 0 Å². The van der Waals surface area contributed by atoms with E-state index in [0.717, 1.165) is 28.6 Å². The van der Waals surface area contributed by atoms with Gasteiger partial charge in [-0.05, 0) is 53.0 Å². The van der Waals surface area contributed by atoms with Crippen LogP contribution in [0, 0.1) is 0 Å². The van der Waals surface area contributed by atoms with Crippen LogP contribution in [0.15, 0.2) is 51.9 Å². The highest BCUT2D eigenvalue weighted by Crippen LogP contribution is 2.39. The molecule has 1 aliphatic heterocycles. The highest BCUT2D eigenvalue weighted by atomic mass is 79.9. The molecule has 4 rings (SSSR count). The molecule has 6 nitrogen and oxygen atoms in total. The second-order valence-corrected chi connectivity index (χ2v) is 6.64. The Kier molecular flexibility index (Phi) is 4.12. The molecule has 3 aromatic heterocycles. The molecule has 7 heteroatoms. The second kappa shape index (κ2) is 6.41. The van der Waals surface area contributed by atoms with Gasteiger partial charge in [-0.1, -0.05) is 5.16 Å². The number of hydrogen-bond donors (Lipinski definition) is 0. The lowest BCUT2D eigenvalue weighted by molar-refractivity contribution is 0.0584. The summed E-state index contributed by atoms with van der Waals surface area (Å²) in [7, 11) is 0. The summed E-state index contributed by atoms with van der Waals surface area (Å²) in [5, 5.41) is 4.27. The Morgan fingerprint density at radius 3 is 2.67 bits per heavy atom. The molecule has 24 heavy (non-hydrogen) atoms. The van der Waals surface area contributed by atoms with Crippen molar-refractivity contribution in [3.63, 3.8) is 0 Å². The fourth-order valence-electron chi connectivity index (χ4n) is 3.00. The minimum atomic E-state index is -0.386. The van der Waals surface area contributed by atoms with E-state index in [1.165, 1.54) is 0 Å². The van der Waals surface area contributed by atoms with E-state index < -0.39 is 0 Å². The van der Waals surface area contributed by atoms with Crippen molar-refractivity contribution < 1.29 is 9.26 Å². The molecule has 0 amide bonds. The van der Waals surface area contributed by atoms with Crippen LogP contribution in [0.25, 0.3) is 11.5 Å². The molecule has 4 heterocycles. The molecular formula is C17H15BrN4O2. The smallest absolute Gasteiger partial charge is 0.259 e. The number of hydrogen-bond acceptors (Lipinski definition) is 6. The number of rotatable bonds is 3. The van der Waals surface area contributed by atoms with Crippen molar-refractivity contribution in [3.8, 4) is 11.5 Å². The average Bonchev–Trinajstić information content (AvgIpc) is 3.14. The molecule has 0 aromatic carbocycles. The molecule has 0 unspecified atom stereocenters. The van der Waals surface area contributed by atoms with Crippen LogP contribution in [0.5, 0.6) is 0 Å². The monoisotopic (exact) mass is 386 g/mol. The molecule has 0 N–H and O–H groups in total. The van der Waals surface area contributed by atoms with Gasteiger partial charge in [0.25, 0.3) is 5.89 Å². The molecule has 1 saturated heterocycles. The van der Waals surface area contributed by atoms with Gasteiger partial charge < -0.3 is 9.26 Å². The standard InChI is InChI=1S/C17H15BrN4O2/c18-13-3-4-14(20-11-13)17(5-8-23-9-6-17)16-21-15(24-22-16)12-2-1-7-19-10-12/h1-4,7,10-11H,5-6,8-9H2. The van der Waals surface area contributed by atoms with Crippen molar-refractivity contribution in [1.29, 1.82) is 0 Å². The number of nitrogens with zero attached hydrogens (tertiary/aromatic N) is 4. The first kappa shape index (κ1) is 15.4. The highest BCUT2D eigenvalue weighted by Gasteiger charge is 2.42. The zero-order valence-corrected chi connectivity index (χ0v) is 14.4. The maximum Gasteiger partial charge on any atom is 0.259 e. The van der Waals surface area contributed by atoms with Gasteiger partial charge in [0, 0.05) is 36.3 Å². The van der Waals surface area contributed by atoms with Gasteiger partial charge in [-0.3, -0.25) is 9.97 Å². The van der Waals surface area contributed by atoms with Crippen molar-refractivity contribution in [3.05, 3.63) is 58.8 Å². The number of aromatic nitrogens is 4. The lowest BCUT2D eigenvalue weighted by Gasteiger charge is -2.33. The molecular weight excluding hydrogens is 372 g/mol. The fourth-order valence-corrected chi connectivity index (χ4v) is 3.23. The number of ether oxygens (including phenoxy) is 1. The fraction of sp³-hybridized carbons (Fsp3) is 0.294. The SMILES string of the molecule is Brc1ccc(C2(c3noc(-c4cccnc4)n3)CCOCC2)nc1. The summed E-state index contributed by atoms with van der Waals surface area (Å²) >= 11 is 3.43. The van der Waals surface area contributed by atoms with Gasteiger partial charge in [-0.25, -0.2) is 0 Å². The van der Waals surface area contributed by atoms with E-state index in [9.17, 15) is 0 Å². The van der Waals surface area contributed by atoms with E-state index in [1.807, 2.05) is 24.3 Å². The van der Waals surface area contributed by atoms with Gasteiger partial charge >= 0.3 is 0 Å². The maximum absolute atomic E-state index is 5.55. The lowest BCUT2D eigenvalue weighted by atomic mass is 9.76. The van der Waals surface area contributed by atoms with E-state index in [1.54, 1.807) is 18.6 Å². The zero-order chi connectivity index (χ0) is 16.4. The molecule has 0 saturated carbocycles. The Bertz CT molecular complexity index is 814. The van der Waals surface area contributed by atoms with E-state index in [-0.39, 0.29) is 5.41 Å².